The molecule has 1 aliphatic heterocycles. The van der Waals surface area contributed by atoms with Gasteiger partial charge in [-0.2, -0.15) is 5.10 Å². The molecule has 1 saturated heterocycles. The van der Waals surface area contributed by atoms with Gasteiger partial charge in [-0.1, -0.05) is 6.42 Å². The maximum absolute atomic E-state index is 5.83. The van der Waals surface area contributed by atoms with E-state index in [0.717, 1.165) is 24.6 Å². The number of hydrogen-bond donors (Lipinski definition) is 2. The van der Waals surface area contributed by atoms with E-state index in [1.54, 1.807) is 0 Å². The van der Waals surface area contributed by atoms with E-state index in [4.69, 9.17) is 5.73 Å². The zero-order valence-corrected chi connectivity index (χ0v) is 8.66. The summed E-state index contributed by atoms with van der Waals surface area (Å²) in [5.41, 5.74) is 6.83. The van der Waals surface area contributed by atoms with Gasteiger partial charge in [-0.15, -0.1) is 0 Å². The summed E-state index contributed by atoms with van der Waals surface area (Å²) in [4.78, 5) is 0. The molecule has 2 rings (SSSR count). The van der Waals surface area contributed by atoms with E-state index in [0.29, 0.717) is 6.04 Å². The van der Waals surface area contributed by atoms with E-state index in [2.05, 4.69) is 10.4 Å². The van der Waals surface area contributed by atoms with Gasteiger partial charge in [-0.05, 0) is 26.3 Å². The van der Waals surface area contributed by atoms with Gasteiger partial charge in [0.25, 0.3) is 0 Å². The van der Waals surface area contributed by atoms with Gasteiger partial charge in [-0.3, -0.25) is 0 Å². The van der Waals surface area contributed by atoms with Gasteiger partial charge in [0.05, 0.1) is 12.2 Å². The molecular weight excluding hydrogens is 176 g/mol. The molecule has 4 heteroatoms. The minimum Gasteiger partial charge on any atom is -0.384 e. The number of hydrogen-bond acceptors (Lipinski definition) is 3. The Hall–Kier alpha value is -1.03. The molecule has 0 aliphatic carbocycles. The zero-order chi connectivity index (χ0) is 9.97. The molecule has 0 bridgehead atoms. The van der Waals surface area contributed by atoms with Crippen LogP contribution in [0, 0.1) is 6.92 Å². The van der Waals surface area contributed by atoms with Crippen LogP contribution in [-0.4, -0.2) is 22.4 Å². The minimum atomic E-state index is 0.547. The summed E-state index contributed by atoms with van der Waals surface area (Å²) >= 11 is 0. The first-order chi connectivity index (χ1) is 6.75. The molecular formula is C10H18N4. The van der Waals surface area contributed by atoms with Crippen molar-refractivity contribution < 1.29 is 0 Å². The number of nitrogens with two attached hydrogens (primary N) is 1. The molecule has 0 amide bonds. The number of rotatable bonds is 2. The summed E-state index contributed by atoms with van der Waals surface area (Å²) in [5.74, 6) is 0.773. The Labute approximate surface area is 84.5 Å². The second-order valence-electron chi connectivity index (χ2n) is 4.04. The first kappa shape index (κ1) is 9.52. The van der Waals surface area contributed by atoms with Crippen LogP contribution in [0.3, 0.4) is 0 Å². The highest BCUT2D eigenvalue weighted by Gasteiger charge is 2.14. The van der Waals surface area contributed by atoms with Crippen LogP contribution in [0.2, 0.25) is 0 Å². The predicted molar refractivity (Wildman–Crippen MR) is 57.0 cm³/mol. The number of nitrogen functional groups attached to an aromatic ring is 1. The van der Waals surface area contributed by atoms with Crippen LogP contribution in [0.5, 0.6) is 0 Å². The fourth-order valence-corrected chi connectivity index (χ4v) is 2.00. The van der Waals surface area contributed by atoms with E-state index in [9.17, 15) is 0 Å². The monoisotopic (exact) mass is 194 g/mol. The second-order valence-corrected chi connectivity index (χ2v) is 4.04. The van der Waals surface area contributed by atoms with Crippen molar-refractivity contribution in [1.82, 2.24) is 15.1 Å². The van der Waals surface area contributed by atoms with E-state index >= 15 is 0 Å². The Balaban J connectivity index is 1.98. The molecule has 0 saturated carbocycles. The molecule has 14 heavy (non-hydrogen) atoms. The van der Waals surface area contributed by atoms with Gasteiger partial charge in [0.2, 0.25) is 0 Å². The van der Waals surface area contributed by atoms with Gasteiger partial charge in [-0.25, -0.2) is 4.68 Å². The minimum absolute atomic E-state index is 0.547. The standard InChI is InChI=1S/C10H18N4/c1-8-6-10(11)14(13-8)7-9-4-2-3-5-12-9/h6,9,12H,2-5,7,11H2,1H3. The van der Waals surface area contributed by atoms with Gasteiger partial charge < -0.3 is 11.1 Å². The molecule has 1 unspecified atom stereocenters. The van der Waals surface area contributed by atoms with E-state index in [1.165, 1.54) is 19.3 Å². The van der Waals surface area contributed by atoms with E-state index in [1.807, 2.05) is 17.7 Å². The average Bonchev–Trinajstić information content (AvgIpc) is 2.47. The molecule has 1 fully saturated rings. The van der Waals surface area contributed by atoms with Crippen LogP contribution in [0.25, 0.3) is 0 Å². The third-order valence-electron chi connectivity index (χ3n) is 2.74. The summed E-state index contributed by atoms with van der Waals surface area (Å²) < 4.78 is 1.90. The summed E-state index contributed by atoms with van der Waals surface area (Å²) in [7, 11) is 0. The van der Waals surface area contributed by atoms with Crippen molar-refractivity contribution in [2.45, 2.75) is 38.8 Å². The molecule has 3 N–H and O–H groups in total. The number of aryl methyl sites for hydroxylation is 1. The molecule has 1 aliphatic rings. The summed E-state index contributed by atoms with van der Waals surface area (Å²) in [6.07, 6.45) is 3.85. The fourth-order valence-electron chi connectivity index (χ4n) is 2.00. The van der Waals surface area contributed by atoms with Crippen LogP contribution >= 0.6 is 0 Å². The SMILES string of the molecule is Cc1cc(N)n(CC2CCCCN2)n1. The molecule has 0 aromatic carbocycles. The maximum Gasteiger partial charge on any atom is 0.121 e. The molecule has 1 atom stereocenters. The van der Waals surface area contributed by atoms with Crippen molar-refractivity contribution in [3.05, 3.63) is 11.8 Å². The lowest BCUT2D eigenvalue weighted by atomic mass is 10.1. The largest absolute Gasteiger partial charge is 0.384 e. The summed E-state index contributed by atoms with van der Waals surface area (Å²) in [6.45, 7) is 4.01. The zero-order valence-electron chi connectivity index (χ0n) is 8.66. The van der Waals surface area contributed by atoms with Gasteiger partial charge in [0.15, 0.2) is 0 Å². The number of aromatic nitrogens is 2. The van der Waals surface area contributed by atoms with Crippen molar-refractivity contribution in [1.29, 1.82) is 0 Å². The lowest BCUT2D eigenvalue weighted by Crippen LogP contribution is -2.37. The van der Waals surface area contributed by atoms with E-state index < -0.39 is 0 Å². The molecule has 78 valence electrons. The van der Waals surface area contributed by atoms with Crippen LogP contribution in [0.4, 0.5) is 5.82 Å². The Morgan fingerprint density at radius 1 is 1.64 bits per heavy atom. The number of anilines is 1. The highest BCUT2D eigenvalue weighted by atomic mass is 15.3. The lowest BCUT2D eigenvalue weighted by molar-refractivity contribution is 0.352. The van der Waals surface area contributed by atoms with Crippen molar-refractivity contribution in [2.75, 3.05) is 12.3 Å². The van der Waals surface area contributed by atoms with Crippen LogP contribution in [-0.2, 0) is 6.54 Å². The van der Waals surface area contributed by atoms with Crippen molar-refractivity contribution in [2.24, 2.45) is 0 Å². The summed E-state index contributed by atoms with van der Waals surface area (Å²) in [6, 6.07) is 2.47. The summed E-state index contributed by atoms with van der Waals surface area (Å²) in [5, 5.41) is 7.84. The second kappa shape index (κ2) is 4.00. The normalized spacial score (nSPS) is 22.5. The molecule has 1 aromatic rings. The highest BCUT2D eigenvalue weighted by Crippen LogP contribution is 2.11. The smallest absolute Gasteiger partial charge is 0.121 e. The predicted octanol–water partition coefficient (Wildman–Crippen LogP) is 0.916. The Kier molecular flexibility index (Phi) is 2.72. The third-order valence-corrected chi connectivity index (χ3v) is 2.74. The number of piperidine rings is 1. The van der Waals surface area contributed by atoms with Gasteiger partial charge >= 0.3 is 0 Å². The Morgan fingerprint density at radius 3 is 3.07 bits per heavy atom. The fraction of sp³-hybridized carbons (Fsp3) is 0.700. The third kappa shape index (κ3) is 2.07. The van der Waals surface area contributed by atoms with Crippen LogP contribution in [0.1, 0.15) is 25.0 Å². The Bertz CT molecular complexity index is 299. The number of nitrogens with one attached hydrogen (secondary N) is 1. The first-order valence-electron chi connectivity index (χ1n) is 5.29. The molecule has 4 nitrogen and oxygen atoms in total. The lowest BCUT2D eigenvalue weighted by Gasteiger charge is -2.23. The average molecular weight is 194 g/mol. The van der Waals surface area contributed by atoms with Crippen molar-refractivity contribution in [3.63, 3.8) is 0 Å². The quantitative estimate of drug-likeness (QED) is 0.736. The van der Waals surface area contributed by atoms with Crippen LogP contribution < -0.4 is 11.1 Å². The maximum atomic E-state index is 5.83. The molecule has 0 spiro atoms. The number of nitrogens with zero attached hydrogens (tertiary/aromatic N) is 2. The van der Waals surface area contributed by atoms with Crippen molar-refractivity contribution in [3.8, 4) is 0 Å². The van der Waals surface area contributed by atoms with Crippen molar-refractivity contribution >= 4 is 5.82 Å². The van der Waals surface area contributed by atoms with E-state index in [-0.39, 0.29) is 0 Å². The Morgan fingerprint density at radius 2 is 2.50 bits per heavy atom. The first-order valence-corrected chi connectivity index (χ1v) is 5.29. The molecule has 2 heterocycles. The van der Waals surface area contributed by atoms with Gasteiger partial charge in [0, 0.05) is 12.1 Å². The van der Waals surface area contributed by atoms with Crippen LogP contribution in [0.15, 0.2) is 6.07 Å². The molecule has 1 aromatic heterocycles. The molecule has 0 radical (unpaired) electrons. The highest BCUT2D eigenvalue weighted by molar-refractivity contribution is 5.30. The topological polar surface area (TPSA) is 55.9 Å². The van der Waals surface area contributed by atoms with Gasteiger partial charge in [0.1, 0.15) is 5.82 Å².